The van der Waals surface area contributed by atoms with Crippen LogP contribution in [0.3, 0.4) is 0 Å². The lowest BCUT2D eigenvalue weighted by Gasteiger charge is -2.10. The number of carbonyl (C=O) groups excluding carboxylic acids is 1. The number of nitrogens with two attached hydrogens (primary N) is 1. The summed E-state index contributed by atoms with van der Waals surface area (Å²) in [4.78, 5) is 11.1. The second kappa shape index (κ2) is 5.76. The highest BCUT2D eigenvalue weighted by molar-refractivity contribution is 6.30. The van der Waals surface area contributed by atoms with Gasteiger partial charge in [0.2, 0.25) is 5.91 Å². The number of hydrogen-bond donors (Lipinski definition) is 2. The van der Waals surface area contributed by atoms with Crippen molar-refractivity contribution in [2.45, 2.75) is 13.5 Å². The Kier molecular flexibility index (Phi) is 4.07. The van der Waals surface area contributed by atoms with Crippen LogP contribution in [0, 0.1) is 6.92 Å². The number of benzene rings is 2. The number of aryl methyl sites for hydroxylation is 1. The van der Waals surface area contributed by atoms with Crippen molar-refractivity contribution in [3.63, 3.8) is 0 Å². The van der Waals surface area contributed by atoms with E-state index in [2.05, 4.69) is 5.32 Å². The SMILES string of the molecule is Cc1cc(C(N)=O)ccc1NCc1cccc(Cl)c1. The molecule has 0 fully saturated rings. The highest BCUT2D eigenvalue weighted by Gasteiger charge is 2.04. The Morgan fingerprint density at radius 2 is 2.05 bits per heavy atom. The van der Waals surface area contributed by atoms with Gasteiger partial charge in [0, 0.05) is 22.8 Å². The molecule has 0 radical (unpaired) electrons. The van der Waals surface area contributed by atoms with Crippen molar-refractivity contribution in [3.05, 3.63) is 64.2 Å². The fourth-order valence-electron chi connectivity index (χ4n) is 1.86. The number of nitrogens with one attached hydrogen (secondary N) is 1. The Morgan fingerprint density at radius 3 is 2.68 bits per heavy atom. The molecule has 0 aromatic heterocycles. The average Bonchev–Trinajstić information content (AvgIpc) is 2.37. The average molecular weight is 275 g/mol. The first-order valence-electron chi connectivity index (χ1n) is 5.95. The van der Waals surface area contributed by atoms with Crippen LogP contribution in [0.5, 0.6) is 0 Å². The second-order valence-electron chi connectivity index (χ2n) is 4.38. The molecule has 0 saturated heterocycles. The van der Waals surface area contributed by atoms with E-state index in [1.165, 1.54) is 0 Å². The van der Waals surface area contributed by atoms with E-state index in [1.807, 2.05) is 37.3 Å². The van der Waals surface area contributed by atoms with Crippen molar-refractivity contribution in [1.29, 1.82) is 0 Å². The lowest BCUT2D eigenvalue weighted by molar-refractivity contribution is 0.1000. The minimum atomic E-state index is -0.413. The molecule has 3 N–H and O–H groups in total. The summed E-state index contributed by atoms with van der Waals surface area (Å²) in [5.74, 6) is -0.413. The molecule has 2 aromatic carbocycles. The van der Waals surface area contributed by atoms with Gasteiger partial charge in [-0.3, -0.25) is 4.79 Å². The van der Waals surface area contributed by atoms with Crippen LogP contribution in [0.25, 0.3) is 0 Å². The van der Waals surface area contributed by atoms with E-state index >= 15 is 0 Å². The monoisotopic (exact) mass is 274 g/mol. The summed E-state index contributed by atoms with van der Waals surface area (Å²) >= 11 is 5.93. The van der Waals surface area contributed by atoms with E-state index < -0.39 is 5.91 Å². The van der Waals surface area contributed by atoms with Gasteiger partial charge < -0.3 is 11.1 Å². The highest BCUT2D eigenvalue weighted by Crippen LogP contribution is 2.18. The molecular formula is C15H15ClN2O. The van der Waals surface area contributed by atoms with Crippen molar-refractivity contribution in [2.75, 3.05) is 5.32 Å². The topological polar surface area (TPSA) is 55.1 Å². The molecule has 0 aliphatic heterocycles. The van der Waals surface area contributed by atoms with E-state index in [1.54, 1.807) is 12.1 Å². The van der Waals surface area contributed by atoms with Gasteiger partial charge in [-0.25, -0.2) is 0 Å². The lowest BCUT2D eigenvalue weighted by atomic mass is 10.1. The van der Waals surface area contributed by atoms with Crippen LogP contribution in [0.4, 0.5) is 5.69 Å². The molecule has 0 aliphatic carbocycles. The maximum atomic E-state index is 11.1. The molecule has 0 aliphatic rings. The summed E-state index contributed by atoms with van der Waals surface area (Å²) in [6.45, 7) is 2.62. The number of hydrogen-bond acceptors (Lipinski definition) is 2. The molecule has 0 atom stereocenters. The van der Waals surface area contributed by atoms with Crippen LogP contribution in [0.1, 0.15) is 21.5 Å². The van der Waals surface area contributed by atoms with Crippen molar-refractivity contribution < 1.29 is 4.79 Å². The first kappa shape index (κ1) is 13.4. The Morgan fingerprint density at radius 1 is 1.26 bits per heavy atom. The second-order valence-corrected chi connectivity index (χ2v) is 4.81. The van der Waals surface area contributed by atoms with Crippen LogP contribution < -0.4 is 11.1 Å². The Bertz CT molecular complexity index is 611. The summed E-state index contributed by atoms with van der Waals surface area (Å²) in [7, 11) is 0. The minimum absolute atomic E-state index is 0.413. The van der Waals surface area contributed by atoms with Crippen molar-refractivity contribution in [3.8, 4) is 0 Å². The number of amides is 1. The molecule has 4 heteroatoms. The third-order valence-corrected chi connectivity index (χ3v) is 3.12. The quantitative estimate of drug-likeness (QED) is 0.898. The molecule has 0 spiro atoms. The van der Waals surface area contributed by atoms with Gasteiger partial charge in [0.05, 0.1) is 0 Å². The first-order chi connectivity index (χ1) is 9.06. The number of anilines is 1. The van der Waals surface area contributed by atoms with Crippen LogP contribution >= 0.6 is 11.6 Å². The van der Waals surface area contributed by atoms with Gasteiger partial charge in [-0.05, 0) is 48.4 Å². The largest absolute Gasteiger partial charge is 0.381 e. The lowest BCUT2D eigenvalue weighted by Crippen LogP contribution is -2.11. The molecule has 2 aromatic rings. The van der Waals surface area contributed by atoms with Crippen LogP contribution in [-0.2, 0) is 6.54 Å². The molecule has 0 unspecified atom stereocenters. The van der Waals surface area contributed by atoms with E-state index in [9.17, 15) is 4.79 Å². The van der Waals surface area contributed by atoms with E-state index in [0.29, 0.717) is 12.1 Å². The summed E-state index contributed by atoms with van der Waals surface area (Å²) < 4.78 is 0. The Hall–Kier alpha value is -2.00. The predicted molar refractivity (Wildman–Crippen MR) is 78.5 cm³/mol. The molecule has 19 heavy (non-hydrogen) atoms. The smallest absolute Gasteiger partial charge is 0.248 e. The molecule has 3 nitrogen and oxygen atoms in total. The highest BCUT2D eigenvalue weighted by atomic mass is 35.5. The summed E-state index contributed by atoms with van der Waals surface area (Å²) in [5.41, 5.74) is 8.82. The van der Waals surface area contributed by atoms with Crippen molar-refractivity contribution in [2.24, 2.45) is 5.73 Å². The fraction of sp³-hybridized carbons (Fsp3) is 0.133. The number of carbonyl (C=O) groups is 1. The Labute approximate surface area is 117 Å². The molecule has 0 saturated carbocycles. The molecular weight excluding hydrogens is 260 g/mol. The van der Waals surface area contributed by atoms with E-state index in [4.69, 9.17) is 17.3 Å². The first-order valence-corrected chi connectivity index (χ1v) is 6.33. The maximum Gasteiger partial charge on any atom is 0.248 e. The minimum Gasteiger partial charge on any atom is -0.381 e. The van der Waals surface area contributed by atoms with Crippen molar-refractivity contribution >= 4 is 23.2 Å². The van der Waals surface area contributed by atoms with Gasteiger partial charge >= 0.3 is 0 Å². The zero-order valence-corrected chi connectivity index (χ0v) is 11.4. The van der Waals surface area contributed by atoms with Crippen LogP contribution in [0.2, 0.25) is 5.02 Å². The van der Waals surface area contributed by atoms with Gasteiger partial charge in [0.1, 0.15) is 0 Å². The standard InChI is InChI=1S/C15H15ClN2O/c1-10-7-12(15(17)19)5-6-14(10)18-9-11-3-2-4-13(16)8-11/h2-8,18H,9H2,1H3,(H2,17,19). The van der Waals surface area contributed by atoms with Gasteiger partial charge in [0.15, 0.2) is 0 Å². The van der Waals surface area contributed by atoms with Crippen LogP contribution in [-0.4, -0.2) is 5.91 Å². The van der Waals surface area contributed by atoms with Crippen LogP contribution in [0.15, 0.2) is 42.5 Å². The van der Waals surface area contributed by atoms with E-state index in [-0.39, 0.29) is 0 Å². The maximum absolute atomic E-state index is 11.1. The zero-order chi connectivity index (χ0) is 13.8. The predicted octanol–water partition coefficient (Wildman–Crippen LogP) is 3.36. The van der Waals surface area contributed by atoms with E-state index in [0.717, 1.165) is 21.8 Å². The zero-order valence-electron chi connectivity index (χ0n) is 10.6. The van der Waals surface area contributed by atoms with Gasteiger partial charge in [0.25, 0.3) is 0 Å². The molecule has 2 rings (SSSR count). The number of rotatable bonds is 4. The number of primary amides is 1. The summed E-state index contributed by atoms with van der Waals surface area (Å²) in [5, 5.41) is 4.03. The number of halogens is 1. The molecule has 1 amide bonds. The molecule has 0 heterocycles. The third kappa shape index (κ3) is 3.48. The summed E-state index contributed by atoms with van der Waals surface area (Å²) in [6, 6.07) is 13.0. The van der Waals surface area contributed by atoms with Gasteiger partial charge in [-0.2, -0.15) is 0 Å². The summed E-state index contributed by atoms with van der Waals surface area (Å²) in [6.07, 6.45) is 0. The third-order valence-electron chi connectivity index (χ3n) is 2.88. The fourth-order valence-corrected chi connectivity index (χ4v) is 2.07. The van der Waals surface area contributed by atoms with Crippen molar-refractivity contribution in [1.82, 2.24) is 0 Å². The van der Waals surface area contributed by atoms with Gasteiger partial charge in [-0.1, -0.05) is 23.7 Å². The normalized spacial score (nSPS) is 10.2. The molecule has 0 bridgehead atoms. The Balaban J connectivity index is 2.10. The molecule has 98 valence electrons. The van der Waals surface area contributed by atoms with Gasteiger partial charge in [-0.15, -0.1) is 0 Å².